The molecule has 0 aliphatic heterocycles. The number of aliphatic hydroxyl groups is 1. The van der Waals surface area contributed by atoms with Crippen LogP contribution in [0.2, 0.25) is 0 Å². The van der Waals surface area contributed by atoms with Crippen molar-refractivity contribution in [3.63, 3.8) is 0 Å². The van der Waals surface area contributed by atoms with Gasteiger partial charge in [-0.25, -0.2) is 4.98 Å². The molecule has 1 aliphatic carbocycles. The third kappa shape index (κ3) is 2.81. The lowest BCUT2D eigenvalue weighted by Crippen LogP contribution is -2.41. The second-order valence-corrected chi connectivity index (χ2v) is 5.58. The number of ether oxygens (including phenoxy) is 1. The zero-order chi connectivity index (χ0) is 14.7. The predicted octanol–water partition coefficient (Wildman–Crippen LogP) is 2.98. The quantitative estimate of drug-likeness (QED) is 0.886. The second kappa shape index (κ2) is 6.31. The number of hydrogen-bond donors (Lipinski definition) is 1. The number of methoxy groups -OCH3 is 1. The van der Waals surface area contributed by atoms with Gasteiger partial charge in [-0.05, 0) is 49.3 Å². The Bertz CT molecular complexity index is 611. The number of nitrogens with zero attached hydrogens (tertiary/aromatic N) is 2. The van der Waals surface area contributed by atoms with Crippen molar-refractivity contribution >= 4 is 16.6 Å². The zero-order valence-electron chi connectivity index (χ0n) is 12.5. The van der Waals surface area contributed by atoms with E-state index in [0.717, 1.165) is 29.9 Å². The van der Waals surface area contributed by atoms with Crippen LogP contribution in [0.3, 0.4) is 0 Å². The van der Waals surface area contributed by atoms with Gasteiger partial charge in [0.05, 0.1) is 7.11 Å². The first-order chi connectivity index (χ1) is 10.3. The highest BCUT2D eigenvalue weighted by Gasteiger charge is 2.26. The molecule has 1 N–H and O–H groups in total. The summed E-state index contributed by atoms with van der Waals surface area (Å²) in [6.45, 7) is 1.07. The minimum absolute atomic E-state index is 0.220. The maximum Gasteiger partial charge on any atom is 0.136 e. The average molecular weight is 286 g/mol. The summed E-state index contributed by atoms with van der Waals surface area (Å²) in [6.07, 6.45) is 6.36. The first-order valence-electron chi connectivity index (χ1n) is 7.63. The minimum atomic E-state index is 0.220. The van der Waals surface area contributed by atoms with Crippen molar-refractivity contribution in [1.29, 1.82) is 0 Å². The van der Waals surface area contributed by atoms with E-state index >= 15 is 0 Å². The van der Waals surface area contributed by atoms with E-state index < -0.39 is 0 Å². The maximum atomic E-state index is 9.16. The Morgan fingerprint density at radius 3 is 2.86 bits per heavy atom. The first kappa shape index (κ1) is 14.1. The fourth-order valence-corrected chi connectivity index (χ4v) is 2.89. The van der Waals surface area contributed by atoms with Gasteiger partial charge in [0.2, 0.25) is 0 Å². The number of aliphatic hydroxyl groups excluding tert-OH is 1. The lowest BCUT2D eigenvalue weighted by Gasteiger charge is -2.39. The van der Waals surface area contributed by atoms with Crippen molar-refractivity contribution in [3.05, 3.63) is 30.5 Å². The van der Waals surface area contributed by atoms with Gasteiger partial charge < -0.3 is 14.7 Å². The topological polar surface area (TPSA) is 45.6 Å². The average Bonchev–Trinajstić information content (AvgIpc) is 2.48. The van der Waals surface area contributed by atoms with E-state index in [1.54, 1.807) is 7.11 Å². The summed E-state index contributed by atoms with van der Waals surface area (Å²) in [6, 6.07) is 8.70. The fourth-order valence-electron chi connectivity index (χ4n) is 2.89. The summed E-state index contributed by atoms with van der Waals surface area (Å²) >= 11 is 0. The standard InChI is InChI=1S/C17H22N2O2/c1-21-15-7-6-13-8-9-18-17(16(13)12-15)19(10-3-11-20)14-4-2-5-14/h6-9,12,14,20H,2-5,10-11H2,1H3. The number of aromatic nitrogens is 1. The molecule has 0 spiro atoms. The van der Waals surface area contributed by atoms with E-state index in [4.69, 9.17) is 9.84 Å². The largest absolute Gasteiger partial charge is 0.497 e. The Morgan fingerprint density at radius 2 is 2.19 bits per heavy atom. The first-order valence-corrected chi connectivity index (χ1v) is 7.63. The second-order valence-electron chi connectivity index (χ2n) is 5.58. The van der Waals surface area contributed by atoms with Crippen LogP contribution in [0.1, 0.15) is 25.7 Å². The number of anilines is 1. The third-order valence-electron chi connectivity index (χ3n) is 4.30. The van der Waals surface area contributed by atoms with E-state index in [2.05, 4.69) is 22.0 Å². The van der Waals surface area contributed by atoms with Gasteiger partial charge in [0.25, 0.3) is 0 Å². The molecule has 3 rings (SSSR count). The molecule has 112 valence electrons. The molecular weight excluding hydrogens is 264 g/mol. The molecule has 0 unspecified atom stereocenters. The Kier molecular flexibility index (Phi) is 4.25. The van der Waals surface area contributed by atoms with Crippen molar-refractivity contribution in [2.75, 3.05) is 25.2 Å². The van der Waals surface area contributed by atoms with Crippen LogP contribution >= 0.6 is 0 Å². The van der Waals surface area contributed by atoms with Gasteiger partial charge in [-0.3, -0.25) is 0 Å². The number of benzene rings is 1. The summed E-state index contributed by atoms with van der Waals surface area (Å²) in [7, 11) is 1.69. The van der Waals surface area contributed by atoms with Crippen LogP contribution in [0, 0.1) is 0 Å². The summed E-state index contributed by atoms with van der Waals surface area (Å²) < 4.78 is 5.35. The van der Waals surface area contributed by atoms with Crippen molar-refractivity contribution in [3.8, 4) is 5.75 Å². The summed E-state index contributed by atoms with van der Waals surface area (Å²) in [5.74, 6) is 1.87. The van der Waals surface area contributed by atoms with E-state index in [0.29, 0.717) is 6.04 Å². The molecule has 1 aromatic carbocycles. The molecular formula is C17H22N2O2. The summed E-state index contributed by atoms with van der Waals surface area (Å²) in [5.41, 5.74) is 0. The van der Waals surface area contributed by atoms with Crippen LogP contribution in [0.4, 0.5) is 5.82 Å². The zero-order valence-corrected chi connectivity index (χ0v) is 12.5. The van der Waals surface area contributed by atoms with Gasteiger partial charge in [-0.15, -0.1) is 0 Å². The van der Waals surface area contributed by atoms with Crippen molar-refractivity contribution in [2.24, 2.45) is 0 Å². The minimum Gasteiger partial charge on any atom is -0.497 e. The Labute approximate surface area is 125 Å². The van der Waals surface area contributed by atoms with Crippen molar-refractivity contribution in [1.82, 2.24) is 4.98 Å². The highest BCUT2D eigenvalue weighted by Crippen LogP contribution is 2.34. The van der Waals surface area contributed by atoms with Crippen LogP contribution in [0.15, 0.2) is 30.5 Å². The number of fused-ring (bicyclic) bond motifs is 1. The molecule has 1 aliphatic rings. The van der Waals surface area contributed by atoms with Crippen LogP contribution in [-0.2, 0) is 0 Å². The monoisotopic (exact) mass is 286 g/mol. The van der Waals surface area contributed by atoms with E-state index in [9.17, 15) is 0 Å². The van der Waals surface area contributed by atoms with Crippen molar-refractivity contribution < 1.29 is 9.84 Å². The van der Waals surface area contributed by atoms with Gasteiger partial charge in [0, 0.05) is 30.8 Å². The van der Waals surface area contributed by atoms with Crippen LogP contribution in [-0.4, -0.2) is 36.4 Å². The summed E-state index contributed by atoms with van der Waals surface area (Å²) in [4.78, 5) is 6.99. The maximum absolute atomic E-state index is 9.16. The number of hydrogen-bond acceptors (Lipinski definition) is 4. The van der Waals surface area contributed by atoms with Crippen molar-refractivity contribution in [2.45, 2.75) is 31.7 Å². The lowest BCUT2D eigenvalue weighted by molar-refractivity contribution is 0.282. The molecule has 0 radical (unpaired) electrons. The Hall–Kier alpha value is -1.81. The van der Waals surface area contributed by atoms with E-state index in [1.807, 2.05) is 18.3 Å². The fraction of sp³-hybridized carbons (Fsp3) is 0.471. The molecule has 0 saturated heterocycles. The molecule has 0 bridgehead atoms. The van der Waals surface area contributed by atoms with Gasteiger partial charge in [0.1, 0.15) is 11.6 Å². The SMILES string of the molecule is COc1ccc2ccnc(N(CCCO)C3CCC3)c2c1. The normalized spacial score (nSPS) is 15.0. The molecule has 0 amide bonds. The van der Waals surface area contributed by atoms with Crippen LogP contribution in [0.5, 0.6) is 5.75 Å². The molecule has 1 fully saturated rings. The van der Waals surface area contributed by atoms with Gasteiger partial charge in [-0.1, -0.05) is 6.07 Å². The molecule has 4 heteroatoms. The Balaban J connectivity index is 2.02. The Morgan fingerprint density at radius 1 is 1.33 bits per heavy atom. The molecule has 4 nitrogen and oxygen atoms in total. The number of rotatable bonds is 6. The highest BCUT2D eigenvalue weighted by molar-refractivity contribution is 5.93. The van der Waals surface area contributed by atoms with Gasteiger partial charge in [0.15, 0.2) is 0 Å². The predicted molar refractivity (Wildman–Crippen MR) is 85.0 cm³/mol. The van der Waals surface area contributed by atoms with Crippen LogP contribution in [0.25, 0.3) is 10.8 Å². The van der Waals surface area contributed by atoms with Gasteiger partial charge in [-0.2, -0.15) is 0 Å². The highest BCUT2D eigenvalue weighted by atomic mass is 16.5. The smallest absolute Gasteiger partial charge is 0.136 e. The van der Waals surface area contributed by atoms with E-state index in [1.165, 1.54) is 24.6 Å². The van der Waals surface area contributed by atoms with Crippen LogP contribution < -0.4 is 9.64 Å². The molecule has 2 aromatic rings. The number of pyridine rings is 1. The lowest BCUT2D eigenvalue weighted by atomic mass is 9.91. The summed E-state index contributed by atoms with van der Waals surface area (Å²) in [5, 5.41) is 11.5. The molecule has 1 heterocycles. The molecule has 1 saturated carbocycles. The molecule has 1 aromatic heterocycles. The van der Waals surface area contributed by atoms with E-state index in [-0.39, 0.29) is 6.61 Å². The third-order valence-corrected chi connectivity index (χ3v) is 4.30. The molecule has 0 atom stereocenters. The van der Waals surface area contributed by atoms with Gasteiger partial charge >= 0.3 is 0 Å². The molecule has 21 heavy (non-hydrogen) atoms.